The zero-order chi connectivity index (χ0) is 14.8. The van der Waals surface area contributed by atoms with Gasteiger partial charge in [-0.3, -0.25) is 4.79 Å². The normalized spacial score (nSPS) is 10.8. The highest BCUT2D eigenvalue weighted by Gasteiger charge is 2.07. The smallest absolute Gasteiger partial charge is 0.255 e. The number of benzene rings is 2. The first-order chi connectivity index (χ1) is 10.2. The first-order valence-corrected chi connectivity index (χ1v) is 8.52. The number of thiazole rings is 1. The lowest BCUT2D eigenvalue weighted by molar-refractivity contribution is 0.102. The van der Waals surface area contributed by atoms with E-state index in [0.717, 1.165) is 25.8 Å². The van der Waals surface area contributed by atoms with Gasteiger partial charge in [0, 0.05) is 16.1 Å². The molecular formula is C16H14N2OS2. The Balaban J connectivity index is 1.81. The standard InChI is InChI=1S/C16H14N2OS2/c1-10-17-14-8-5-12(9-15(14)21-10)18-16(19)11-3-6-13(20-2)7-4-11/h3-9H,1-2H3,(H,18,19). The highest BCUT2D eigenvalue weighted by atomic mass is 32.2. The zero-order valence-electron chi connectivity index (χ0n) is 11.7. The summed E-state index contributed by atoms with van der Waals surface area (Å²) in [5.41, 5.74) is 2.43. The molecule has 21 heavy (non-hydrogen) atoms. The Kier molecular flexibility index (Phi) is 3.94. The average molecular weight is 314 g/mol. The van der Waals surface area contributed by atoms with Gasteiger partial charge >= 0.3 is 0 Å². The molecule has 1 heterocycles. The van der Waals surface area contributed by atoms with Crippen molar-refractivity contribution >= 4 is 44.9 Å². The summed E-state index contributed by atoms with van der Waals surface area (Å²) >= 11 is 3.29. The molecular weight excluding hydrogens is 300 g/mol. The van der Waals surface area contributed by atoms with Crippen LogP contribution in [0.2, 0.25) is 0 Å². The average Bonchev–Trinajstić information content (AvgIpc) is 2.86. The molecule has 5 heteroatoms. The first kappa shape index (κ1) is 14.1. The molecule has 3 nitrogen and oxygen atoms in total. The SMILES string of the molecule is CSc1ccc(C(=O)Nc2ccc3nc(C)sc3c2)cc1. The molecule has 0 aliphatic heterocycles. The fourth-order valence-electron chi connectivity index (χ4n) is 2.06. The lowest BCUT2D eigenvalue weighted by Crippen LogP contribution is -2.11. The van der Waals surface area contributed by atoms with Gasteiger partial charge in [0.1, 0.15) is 0 Å². The van der Waals surface area contributed by atoms with Crippen LogP contribution >= 0.6 is 23.1 Å². The Bertz CT molecular complexity index is 794. The summed E-state index contributed by atoms with van der Waals surface area (Å²) in [7, 11) is 0. The van der Waals surface area contributed by atoms with E-state index in [9.17, 15) is 4.79 Å². The van der Waals surface area contributed by atoms with Gasteiger partial charge in [-0.25, -0.2) is 4.98 Å². The van der Waals surface area contributed by atoms with E-state index < -0.39 is 0 Å². The Morgan fingerprint density at radius 2 is 1.95 bits per heavy atom. The predicted molar refractivity (Wildman–Crippen MR) is 90.5 cm³/mol. The van der Waals surface area contributed by atoms with Gasteiger partial charge in [0.2, 0.25) is 0 Å². The van der Waals surface area contributed by atoms with Gasteiger partial charge in [0.05, 0.1) is 15.2 Å². The maximum Gasteiger partial charge on any atom is 0.255 e. The molecule has 0 spiro atoms. The summed E-state index contributed by atoms with van der Waals surface area (Å²) in [6, 6.07) is 13.4. The van der Waals surface area contributed by atoms with Crippen molar-refractivity contribution in [1.29, 1.82) is 0 Å². The maximum atomic E-state index is 12.2. The van der Waals surface area contributed by atoms with E-state index in [1.54, 1.807) is 23.1 Å². The van der Waals surface area contributed by atoms with Gasteiger partial charge in [-0.05, 0) is 55.6 Å². The van der Waals surface area contributed by atoms with Crippen molar-refractivity contribution in [2.45, 2.75) is 11.8 Å². The second-order valence-corrected chi connectivity index (χ2v) is 6.71. The highest BCUT2D eigenvalue weighted by Crippen LogP contribution is 2.25. The van der Waals surface area contributed by atoms with Gasteiger partial charge in [0.25, 0.3) is 5.91 Å². The van der Waals surface area contributed by atoms with Crippen LogP contribution < -0.4 is 5.32 Å². The van der Waals surface area contributed by atoms with Crippen LogP contribution in [-0.2, 0) is 0 Å². The van der Waals surface area contributed by atoms with Crippen LogP contribution in [0.15, 0.2) is 47.4 Å². The van der Waals surface area contributed by atoms with Crippen molar-refractivity contribution in [2.75, 3.05) is 11.6 Å². The van der Waals surface area contributed by atoms with Crippen molar-refractivity contribution in [3.8, 4) is 0 Å². The van der Waals surface area contributed by atoms with E-state index >= 15 is 0 Å². The van der Waals surface area contributed by atoms with Crippen molar-refractivity contribution in [3.05, 3.63) is 53.0 Å². The Hall–Kier alpha value is -1.85. The van der Waals surface area contributed by atoms with E-state index in [1.807, 2.05) is 55.6 Å². The largest absolute Gasteiger partial charge is 0.322 e. The number of hydrogen-bond donors (Lipinski definition) is 1. The number of anilines is 1. The third-order valence-corrected chi connectivity index (χ3v) is 4.78. The second kappa shape index (κ2) is 5.87. The van der Waals surface area contributed by atoms with Crippen molar-refractivity contribution in [3.63, 3.8) is 0 Å². The molecule has 106 valence electrons. The van der Waals surface area contributed by atoms with Gasteiger partial charge in [-0.15, -0.1) is 23.1 Å². The Labute approximate surface area is 131 Å². The van der Waals surface area contributed by atoms with Crippen LogP contribution in [0.3, 0.4) is 0 Å². The second-order valence-electron chi connectivity index (χ2n) is 4.60. The molecule has 0 unspecified atom stereocenters. The first-order valence-electron chi connectivity index (χ1n) is 6.48. The number of fused-ring (bicyclic) bond motifs is 1. The van der Waals surface area contributed by atoms with E-state index in [1.165, 1.54) is 0 Å². The van der Waals surface area contributed by atoms with Gasteiger partial charge in [-0.1, -0.05) is 0 Å². The predicted octanol–water partition coefficient (Wildman–Crippen LogP) is 4.58. The van der Waals surface area contributed by atoms with E-state index in [4.69, 9.17) is 0 Å². The number of rotatable bonds is 3. The third-order valence-electron chi connectivity index (χ3n) is 3.11. The summed E-state index contributed by atoms with van der Waals surface area (Å²) in [5.74, 6) is -0.0942. The summed E-state index contributed by atoms with van der Waals surface area (Å²) in [6.07, 6.45) is 2.02. The number of aryl methyl sites for hydroxylation is 1. The third kappa shape index (κ3) is 3.09. The van der Waals surface area contributed by atoms with Gasteiger partial charge < -0.3 is 5.32 Å². The molecule has 0 saturated heterocycles. The molecule has 0 atom stereocenters. The number of nitrogens with one attached hydrogen (secondary N) is 1. The maximum absolute atomic E-state index is 12.2. The van der Waals surface area contributed by atoms with Gasteiger partial charge in [0.15, 0.2) is 0 Å². The minimum atomic E-state index is -0.0942. The molecule has 3 rings (SSSR count). The van der Waals surface area contributed by atoms with Crippen molar-refractivity contribution in [2.24, 2.45) is 0 Å². The summed E-state index contributed by atoms with van der Waals surface area (Å²) in [4.78, 5) is 17.8. The van der Waals surface area contributed by atoms with E-state index in [-0.39, 0.29) is 5.91 Å². The summed E-state index contributed by atoms with van der Waals surface area (Å²) in [5, 5.41) is 3.96. The molecule has 2 aromatic carbocycles. The monoisotopic (exact) mass is 314 g/mol. The number of hydrogen-bond acceptors (Lipinski definition) is 4. The van der Waals surface area contributed by atoms with Crippen LogP contribution in [0.4, 0.5) is 5.69 Å². The number of carbonyl (C=O) groups is 1. The van der Waals surface area contributed by atoms with Crippen LogP contribution in [0, 0.1) is 6.92 Å². The molecule has 0 saturated carbocycles. The van der Waals surface area contributed by atoms with E-state index in [0.29, 0.717) is 5.56 Å². The Morgan fingerprint density at radius 1 is 1.19 bits per heavy atom. The minimum absolute atomic E-state index is 0.0942. The molecule has 0 fully saturated rings. The fraction of sp³-hybridized carbons (Fsp3) is 0.125. The summed E-state index contributed by atoms with van der Waals surface area (Å²) in [6.45, 7) is 1.98. The topological polar surface area (TPSA) is 42.0 Å². The number of thioether (sulfide) groups is 1. The molecule has 0 radical (unpaired) electrons. The minimum Gasteiger partial charge on any atom is -0.322 e. The fourth-order valence-corrected chi connectivity index (χ4v) is 3.34. The lowest BCUT2D eigenvalue weighted by Gasteiger charge is -2.05. The van der Waals surface area contributed by atoms with Crippen LogP contribution in [0.1, 0.15) is 15.4 Å². The lowest BCUT2D eigenvalue weighted by atomic mass is 10.2. The number of carbonyl (C=O) groups excluding carboxylic acids is 1. The van der Waals surface area contributed by atoms with Crippen LogP contribution in [-0.4, -0.2) is 17.1 Å². The number of aromatic nitrogens is 1. The van der Waals surface area contributed by atoms with Crippen LogP contribution in [0.5, 0.6) is 0 Å². The molecule has 1 aromatic heterocycles. The number of nitrogens with zero attached hydrogens (tertiary/aromatic N) is 1. The van der Waals surface area contributed by atoms with Crippen molar-refractivity contribution in [1.82, 2.24) is 4.98 Å². The molecule has 0 aliphatic rings. The van der Waals surface area contributed by atoms with Gasteiger partial charge in [-0.2, -0.15) is 0 Å². The molecule has 1 amide bonds. The molecule has 1 N–H and O–H groups in total. The summed E-state index contributed by atoms with van der Waals surface area (Å²) < 4.78 is 1.09. The number of amides is 1. The molecule has 0 aliphatic carbocycles. The van der Waals surface area contributed by atoms with E-state index in [2.05, 4.69) is 10.3 Å². The molecule has 3 aromatic rings. The quantitative estimate of drug-likeness (QED) is 0.720. The zero-order valence-corrected chi connectivity index (χ0v) is 13.3. The Morgan fingerprint density at radius 3 is 2.67 bits per heavy atom. The van der Waals surface area contributed by atoms with Crippen molar-refractivity contribution < 1.29 is 4.79 Å². The molecule has 0 bridgehead atoms. The van der Waals surface area contributed by atoms with Crippen LogP contribution in [0.25, 0.3) is 10.2 Å². The highest BCUT2D eigenvalue weighted by molar-refractivity contribution is 7.98.